The lowest BCUT2D eigenvalue weighted by Gasteiger charge is -2.12. The second kappa shape index (κ2) is 17.6. The fourth-order valence-corrected chi connectivity index (χ4v) is 3.72. The van der Waals surface area contributed by atoms with E-state index in [1.807, 2.05) is 48.5 Å². The summed E-state index contributed by atoms with van der Waals surface area (Å²) < 4.78 is 23.0. The molecule has 1 radical (unpaired) electrons. The van der Waals surface area contributed by atoms with Crippen molar-refractivity contribution < 1.29 is 18.8 Å². The summed E-state index contributed by atoms with van der Waals surface area (Å²) in [6, 6.07) is 15.2. The van der Waals surface area contributed by atoms with Gasteiger partial charge in [-0.05, 0) is 127 Å². The van der Waals surface area contributed by atoms with Gasteiger partial charge in [0, 0.05) is 0 Å². The third-order valence-electron chi connectivity index (χ3n) is 6.20. The summed E-state index contributed by atoms with van der Waals surface area (Å²) >= 11 is 0. The number of benzene rings is 2. The Bertz CT molecular complexity index is 849. The SMILES string of the molecule is CC(C)=CCCC(C)CCOc1ccc(O[B]Oc2ccc(OCCC(C)CCC=C(C)C)cc2)cc1. The van der Waals surface area contributed by atoms with Gasteiger partial charge in [-0.2, -0.15) is 0 Å². The zero-order valence-corrected chi connectivity index (χ0v) is 23.8. The van der Waals surface area contributed by atoms with Crippen LogP contribution in [0.1, 0.15) is 80.1 Å². The molecular weight excluding hydrogens is 459 g/mol. The minimum atomic E-state index is 0.650. The zero-order valence-electron chi connectivity index (χ0n) is 23.8. The van der Waals surface area contributed by atoms with Gasteiger partial charge in [-0.1, -0.05) is 37.1 Å². The van der Waals surface area contributed by atoms with Crippen LogP contribution in [-0.4, -0.2) is 20.9 Å². The summed E-state index contributed by atoms with van der Waals surface area (Å²) in [5.74, 6) is 4.39. The minimum absolute atomic E-state index is 0.650. The third kappa shape index (κ3) is 14.5. The highest BCUT2D eigenvalue weighted by atomic mass is 16.6. The van der Waals surface area contributed by atoms with Crippen molar-refractivity contribution in [3.8, 4) is 23.0 Å². The Labute approximate surface area is 226 Å². The Morgan fingerprint density at radius 3 is 1.30 bits per heavy atom. The van der Waals surface area contributed by atoms with Gasteiger partial charge in [-0.25, -0.2) is 0 Å². The van der Waals surface area contributed by atoms with Gasteiger partial charge in [0.2, 0.25) is 0 Å². The van der Waals surface area contributed by atoms with Gasteiger partial charge in [0.05, 0.1) is 13.2 Å². The molecule has 0 aliphatic rings. The minimum Gasteiger partial charge on any atom is -0.526 e. The number of hydrogen-bond donors (Lipinski definition) is 0. The molecule has 2 unspecified atom stereocenters. The van der Waals surface area contributed by atoms with E-state index < -0.39 is 0 Å². The predicted octanol–water partition coefficient (Wildman–Crippen LogP) is 8.98. The molecule has 0 heterocycles. The number of hydrogen-bond acceptors (Lipinski definition) is 4. The Balaban J connectivity index is 1.60. The fraction of sp³-hybridized carbons (Fsp3) is 0.500. The lowest BCUT2D eigenvalue weighted by Crippen LogP contribution is -2.11. The summed E-state index contributed by atoms with van der Waals surface area (Å²) in [5, 5.41) is 0. The highest BCUT2D eigenvalue weighted by Gasteiger charge is 2.06. The number of rotatable bonds is 18. The maximum absolute atomic E-state index is 5.88. The Morgan fingerprint density at radius 1 is 0.595 bits per heavy atom. The van der Waals surface area contributed by atoms with Crippen LogP contribution in [0.25, 0.3) is 0 Å². The second-order valence-corrected chi connectivity index (χ2v) is 10.5. The molecule has 0 fully saturated rings. The molecule has 37 heavy (non-hydrogen) atoms. The largest absolute Gasteiger partial charge is 0.658 e. The van der Waals surface area contributed by atoms with Crippen LogP contribution in [0.2, 0.25) is 0 Å². The molecule has 0 amide bonds. The van der Waals surface area contributed by atoms with E-state index in [0.29, 0.717) is 23.3 Å². The van der Waals surface area contributed by atoms with Gasteiger partial charge in [0.15, 0.2) is 0 Å². The van der Waals surface area contributed by atoms with Gasteiger partial charge in [-0.15, -0.1) is 0 Å². The van der Waals surface area contributed by atoms with Gasteiger partial charge in [0.1, 0.15) is 23.0 Å². The standard InChI is InChI=1S/C32H46BO4/c1-25(2)9-7-11-27(5)21-23-34-29-13-17-31(18-14-29)36-33-37-32-19-15-30(16-20-32)35-24-22-28(6)12-8-10-26(3)4/h9-10,13-20,27-28H,7-8,11-12,21-24H2,1-6H3. The fourth-order valence-electron chi connectivity index (χ4n) is 3.72. The Morgan fingerprint density at radius 2 is 0.946 bits per heavy atom. The van der Waals surface area contributed by atoms with E-state index in [1.54, 1.807) is 0 Å². The molecule has 0 bridgehead atoms. The molecule has 2 aromatic carbocycles. The molecule has 0 aromatic heterocycles. The molecule has 2 atom stereocenters. The van der Waals surface area contributed by atoms with E-state index in [-0.39, 0.29) is 0 Å². The van der Waals surface area contributed by atoms with Crippen LogP contribution in [0.4, 0.5) is 0 Å². The lowest BCUT2D eigenvalue weighted by molar-refractivity contribution is 0.279. The highest BCUT2D eigenvalue weighted by molar-refractivity contribution is 6.20. The maximum atomic E-state index is 5.88. The Kier molecular flexibility index (Phi) is 14.5. The predicted molar refractivity (Wildman–Crippen MR) is 156 cm³/mol. The molecule has 2 rings (SSSR count). The molecule has 5 heteroatoms. The maximum Gasteiger partial charge on any atom is 0.658 e. The lowest BCUT2D eigenvalue weighted by atomic mass is 10.0. The van der Waals surface area contributed by atoms with Gasteiger partial charge in [-0.3, -0.25) is 0 Å². The normalized spacial score (nSPS) is 12.2. The van der Waals surface area contributed by atoms with E-state index >= 15 is 0 Å². The smallest absolute Gasteiger partial charge is 0.526 e. The van der Waals surface area contributed by atoms with E-state index in [0.717, 1.165) is 50.4 Å². The van der Waals surface area contributed by atoms with Gasteiger partial charge < -0.3 is 18.8 Å². The van der Waals surface area contributed by atoms with Crippen molar-refractivity contribution in [1.29, 1.82) is 0 Å². The summed E-state index contributed by atoms with van der Waals surface area (Å²) in [7, 11) is 1.34. The van der Waals surface area contributed by atoms with Crippen molar-refractivity contribution in [3.05, 3.63) is 71.8 Å². The van der Waals surface area contributed by atoms with Crippen molar-refractivity contribution in [3.63, 3.8) is 0 Å². The quantitative estimate of drug-likeness (QED) is 0.150. The molecule has 2 aromatic rings. The number of ether oxygens (including phenoxy) is 2. The molecule has 4 nitrogen and oxygen atoms in total. The first-order chi connectivity index (χ1) is 17.8. The van der Waals surface area contributed by atoms with E-state index in [2.05, 4.69) is 53.7 Å². The number of allylic oxidation sites excluding steroid dienone is 4. The van der Waals surface area contributed by atoms with E-state index in [4.69, 9.17) is 18.8 Å². The van der Waals surface area contributed by atoms with Crippen LogP contribution in [0.5, 0.6) is 23.0 Å². The van der Waals surface area contributed by atoms with Crippen LogP contribution in [0, 0.1) is 11.8 Å². The second-order valence-electron chi connectivity index (χ2n) is 10.5. The topological polar surface area (TPSA) is 36.9 Å². The van der Waals surface area contributed by atoms with Crippen LogP contribution < -0.4 is 18.8 Å². The molecular formula is C32H46BO4. The molecule has 201 valence electrons. The monoisotopic (exact) mass is 505 g/mol. The molecule has 0 spiro atoms. The van der Waals surface area contributed by atoms with E-state index in [1.165, 1.54) is 31.7 Å². The van der Waals surface area contributed by atoms with Crippen molar-refractivity contribution in [2.45, 2.75) is 80.1 Å². The average Bonchev–Trinajstić information content (AvgIpc) is 2.85. The summed E-state index contributed by atoms with van der Waals surface area (Å²) in [4.78, 5) is 0. The van der Waals surface area contributed by atoms with Crippen LogP contribution in [0.3, 0.4) is 0 Å². The summed E-state index contributed by atoms with van der Waals surface area (Å²) in [6.07, 6.45) is 11.4. The first-order valence-electron chi connectivity index (χ1n) is 13.7. The summed E-state index contributed by atoms with van der Waals surface area (Å²) in [6.45, 7) is 14.6. The molecule has 0 N–H and O–H groups in total. The molecule has 0 saturated carbocycles. The molecule has 0 aliphatic carbocycles. The van der Waals surface area contributed by atoms with Crippen molar-refractivity contribution in [1.82, 2.24) is 0 Å². The van der Waals surface area contributed by atoms with Crippen molar-refractivity contribution >= 4 is 7.69 Å². The summed E-state index contributed by atoms with van der Waals surface area (Å²) in [5.41, 5.74) is 2.77. The van der Waals surface area contributed by atoms with Gasteiger partial charge >= 0.3 is 7.69 Å². The van der Waals surface area contributed by atoms with Crippen LogP contribution in [-0.2, 0) is 0 Å². The van der Waals surface area contributed by atoms with E-state index in [9.17, 15) is 0 Å². The van der Waals surface area contributed by atoms with Crippen molar-refractivity contribution in [2.24, 2.45) is 11.8 Å². The average molecular weight is 506 g/mol. The Hall–Kier alpha value is -2.82. The van der Waals surface area contributed by atoms with Crippen LogP contribution >= 0.6 is 0 Å². The first kappa shape index (κ1) is 30.4. The highest BCUT2D eigenvalue weighted by Crippen LogP contribution is 2.21. The zero-order chi connectivity index (χ0) is 26.9. The van der Waals surface area contributed by atoms with Gasteiger partial charge in [0.25, 0.3) is 0 Å². The third-order valence-corrected chi connectivity index (χ3v) is 6.20. The molecule has 0 saturated heterocycles. The first-order valence-corrected chi connectivity index (χ1v) is 13.7. The van der Waals surface area contributed by atoms with Crippen LogP contribution in [0.15, 0.2) is 71.8 Å². The molecule has 0 aliphatic heterocycles. The van der Waals surface area contributed by atoms with Crippen molar-refractivity contribution in [2.75, 3.05) is 13.2 Å².